The Bertz CT molecular complexity index is 1120. The van der Waals surface area contributed by atoms with E-state index in [-0.39, 0.29) is 5.95 Å². The molecule has 0 amide bonds. The van der Waals surface area contributed by atoms with Crippen LogP contribution in [0.1, 0.15) is 36.6 Å². The maximum absolute atomic E-state index is 10.2. The summed E-state index contributed by atoms with van der Waals surface area (Å²) >= 11 is 0. The molecule has 0 bridgehead atoms. The van der Waals surface area contributed by atoms with Gasteiger partial charge in [0.25, 0.3) is 0 Å². The van der Waals surface area contributed by atoms with Crippen molar-refractivity contribution in [3.05, 3.63) is 59.2 Å². The van der Waals surface area contributed by atoms with E-state index in [2.05, 4.69) is 20.1 Å². The van der Waals surface area contributed by atoms with Crippen LogP contribution in [-0.2, 0) is 12.0 Å². The lowest BCUT2D eigenvalue weighted by Gasteiger charge is -2.17. The Morgan fingerprint density at radius 3 is 2.67 bits per heavy atom. The Hall–Kier alpha value is -3.26. The van der Waals surface area contributed by atoms with Gasteiger partial charge in [0.15, 0.2) is 11.4 Å². The number of hydrogen-bond acceptors (Lipinski definition) is 7. The van der Waals surface area contributed by atoms with Crippen LogP contribution < -0.4 is 5.73 Å². The number of nitrogen functional groups attached to an aromatic ring is 1. The van der Waals surface area contributed by atoms with Gasteiger partial charge in [-0.3, -0.25) is 4.98 Å². The van der Waals surface area contributed by atoms with Crippen molar-refractivity contribution in [2.75, 3.05) is 5.73 Å². The summed E-state index contributed by atoms with van der Waals surface area (Å²) in [7, 11) is 0. The number of fused-ring (bicyclic) bond motifs is 1. The van der Waals surface area contributed by atoms with Gasteiger partial charge in [0, 0.05) is 17.7 Å². The number of aliphatic hydroxyl groups is 1. The zero-order valence-electron chi connectivity index (χ0n) is 15.3. The molecule has 0 spiro atoms. The second-order valence-corrected chi connectivity index (χ2v) is 6.97. The molecule has 27 heavy (non-hydrogen) atoms. The zero-order chi connectivity index (χ0) is 19.2. The molecule has 0 aliphatic rings. The topological polar surface area (TPSA) is 115 Å². The molecule has 0 radical (unpaired) electrons. The van der Waals surface area contributed by atoms with E-state index in [1.807, 2.05) is 31.2 Å². The van der Waals surface area contributed by atoms with Crippen molar-refractivity contribution in [2.45, 2.75) is 32.8 Å². The van der Waals surface area contributed by atoms with Crippen LogP contribution >= 0.6 is 0 Å². The van der Waals surface area contributed by atoms with Crippen LogP contribution in [0.15, 0.2) is 40.9 Å². The van der Waals surface area contributed by atoms with Crippen LogP contribution in [-0.4, -0.2) is 29.7 Å². The first kappa shape index (κ1) is 17.2. The summed E-state index contributed by atoms with van der Waals surface area (Å²) < 4.78 is 7.28. The van der Waals surface area contributed by atoms with Crippen LogP contribution in [0, 0.1) is 6.92 Å². The quantitative estimate of drug-likeness (QED) is 0.571. The Labute approximate surface area is 155 Å². The predicted octanol–water partition coefficient (Wildman–Crippen LogP) is 2.49. The van der Waals surface area contributed by atoms with E-state index in [1.165, 1.54) is 0 Å². The van der Waals surface area contributed by atoms with Gasteiger partial charge in [0.05, 0.1) is 11.9 Å². The molecule has 0 aromatic carbocycles. The van der Waals surface area contributed by atoms with Crippen molar-refractivity contribution in [3.63, 3.8) is 0 Å². The lowest BCUT2D eigenvalue weighted by Crippen LogP contribution is -2.18. The molecule has 0 aliphatic heterocycles. The van der Waals surface area contributed by atoms with Crippen molar-refractivity contribution in [2.24, 2.45) is 0 Å². The number of furan rings is 1. The summed E-state index contributed by atoms with van der Waals surface area (Å²) in [5, 5.41) is 14.6. The van der Waals surface area contributed by atoms with E-state index in [0.717, 1.165) is 17.0 Å². The minimum absolute atomic E-state index is 0.145. The maximum atomic E-state index is 10.2. The second-order valence-electron chi connectivity index (χ2n) is 6.97. The Balaban J connectivity index is 1.77. The van der Waals surface area contributed by atoms with Crippen molar-refractivity contribution >= 4 is 11.6 Å². The summed E-state index contributed by atoms with van der Waals surface area (Å²) in [5.41, 5.74) is 7.78. The van der Waals surface area contributed by atoms with Crippen molar-refractivity contribution in [3.8, 4) is 11.6 Å². The lowest BCUT2D eigenvalue weighted by atomic mass is 10.0. The molecule has 0 saturated carbocycles. The molecule has 8 nitrogen and oxygen atoms in total. The Kier molecular flexibility index (Phi) is 3.92. The molecular formula is C19H20N6O2. The van der Waals surface area contributed by atoms with Gasteiger partial charge in [-0.25, -0.2) is 0 Å². The van der Waals surface area contributed by atoms with Gasteiger partial charge in [0.1, 0.15) is 11.4 Å². The number of aromatic nitrogens is 5. The number of nitrogens with two attached hydrogens (primary N) is 1. The minimum Gasteiger partial charge on any atom is -0.458 e. The molecule has 0 aliphatic carbocycles. The van der Waals surface area contributed by atoms with Gasteiger partial charge in [-0.2, -0.15) is 19.6 Å². The lowest BCUT2D eigenvalue weighted by molar-refractivity contribution is 0.0736. The van der Waals surface area contributed by atoms with E-state index < -0.39 is 5.60 Å². The Morgan fingerprint density at radius 1 is 1.15 bits per heavy atom. The highest BCUT2D eigenvalue weighted by molar-refractivity contribution is 5.59. The molecule has 4 aromatic rings. The van der Waals surface area contributed by atoms with E-state index in [1.54, 1.807) is 30.6 Å². The molecular weight excluding hydrogens is 344 g/mol. The highest BCUT2D eigenvalue weighted by Crippen LogP contribution is 2.24. The average molecular weight is 364 g/mol. The van der Waals surface area contributed by atoms with Crippen LogP contribution in [0.5, 0.6) is 0 Å². The summed E-state index contributed by atoms with van der Waals surface area (Å²) in [5.74, 6) is 1.99. The first-order chi connectivity index (χ1) is 12.8. The average Bonchev–Trinajstić information content (AvgIpc) is 3.21. The van der Waals surface area contributed by atoms with E-state index in [9.17, 15) is 5.11 Å². The van der Waals surface area contributed by atoms with Crippen LogP contribution in [0.3, 0.4) is 0 Å². The highest BCUT2D eigenvalue weighted by Gasteiger charge is 2.19. The number of nitrogens with zero attached hydrogens (tertiary/aromatic N) is 5. The zero-order valence-corrected chi connectivity index (χ0v) is 15.3. The van der Waals surface area contributed by atoms with Gasteiger partial charge in [0.2, 0.25) is 11.8 Å². The van der Waals surface area contributed by atoms with Gasteiger partial charge < -0.3 is 15.3 Å². The highest BCUT2D eigenvalue weighted by atomic mass is 16.3. The molecule has 0 unspecified atom stereocenters. The van der Waals surface area contributed by atoms with Crippen LogP contribution in [0.2, 0.25) is 0 Å². The minimum atomic E-state index is -1.01. The first-order valence-electron chi connectivity index (χ1n) is 8.57. The molecule has 0 saturated heterocycles. The predicted molar refractivity (Wildman–Crippen MR) is 99.9 cm³/mol. The van der Waals surface area contributed by atoms with Crippen LogP contribution in [0.25, 0.3) is 17.2 Å². The third-order valence-corrected chi connectivity index (χ3v) is 4.22. The molecule has 138 valence electrons. The number of aryl methyl sites for hydroxylation is 1. The maximum Gasteiger partial charge on any atom is 0.224 e. The molecule has 4 heterocycles. The molecule has 4 aromatic heterocycles. The van der Waals surface area contributed by atoms with Gasteiger partial charge in [-0.1, -0.05) is 6.07 Å². The first-order valence-corrected chi connectivity index (χ1v) is 8.57. The molecule has 4 rings (SSSR count). The standard InChI is InChI=1S/C19H20N6O2/c1-11-7-8-14(27-11)17-24-18(20)23-16-12(10-21-25(16)17)9-13-5-4-6-15(22-13)19(2,3)26/h4-8,10,26H,9H2,1-3H3,(H2,20,23). The summed E-state index contributed by atoms with van der Waals surface area (Å²) in [4.78, 5) is 13.2. The van der Waals surface area contributed by atoms with E-state index in [0.29, 0.717) is 29.3 Å². The van der Waals surface area contributed by atoms with Gasteiger partial charge >= 0.3 is 0 Å². The molecule has 3 N–H and O–H groups in total. The smallest absolute Gasteiger partial charge is 0.224 e. The van der Waals surface area contributed by atoms with Gasteiger partial charge in [-0.05, 0) is 45.0 Å². The van der Waals surface area contributed by atoms with E-state index in [4.69, 9.17) is 10.2 Å². The van der Waals surface area contributed by atoms with Crippen molar-refractivity contribution in [1.29, 1.82) is 0 Å². The van der Waals surface area contributed by atoms with Crippen molar-refractivity contribution in [1.82, 2.24) is 24.6 Å². The molecule has 0 fully saturated rings. The SMILES string of the molecule is Cc1ccc(-c2nc(N)nc3c(Cc4cccc(C(C)(C)O)n4)cnn23)o1. The normalized spacial score (nSPS) is 12.0. The summed E-state index contributed by atoms with van der Waals surface area (Å²) in [6.45, 7) is 5.28. The largest absolute Gasteiger partial charge is 0.458 e. The van der Waals surface area contributed by atoms with Crippen LogP contribution in [0.4, 0.5) is 5.95 Å². The monoisotopic (exact) mass is 364 g/mol. The number of pyridine rings is 1. The summed E-state index contributed by atoms with van der Waals surface area (Å²) in [6.07, 6.45) is 2.22. The molecule has 8 heteroatoms. The number of hydrogen-bond donors (Lipinski definition) is 2. The van der Waals surface area contributed by atoms with Gasteiger partial charge in [-0.15, -0.1) is 0 Å². The fraction of sp³-hybridized carbons (Fsp3) is 0.263. The Morgan fingerprint density at radius 2 is 1.96 bits per heavy atom. The third kappa shape index (κ3) is 3.26. The number of rotatable bonds is 4. The third-order valence-electron chi connectivity index (χ3n) is 4.22. The van der Waals surface area contributed by atoms with Crippen molar-refractivity contribution < 1.29 is 9.52 Å². The summed E-state index contributed by atoms with van der Waals surface area (Å²) in [6, 6.07) is 9.27. The second kappa shape index (κ2) is 6.17. The van der Waals surface area contributed by atoms with E-state index >= 15 is 0 Å². The number of anilines is 1. The fourth-order valence-electron chi connectivity index (χ4n) is 2.89. The molecule has 0 atom stereocenters. The fourth-order valence-corrected chi connectivity index (χ4v) is 2.89.